The van der Waals surface area contributed by atoms with Crippen LogP contribution >= 0.6 is 0 Å². The van der Waals surface area contributed by atoms with Crippen LogP contribution < -0.4 is 10.5 Å². The number of carboxylic acid groups (broad SMARTS) is 1. The van der Waals surface area contributed by atoms with Gasteiger partial charge in [-0.15, -0.1) is 0 Å². The number of benzene rings is 1. The van der Waals surface area contributed by atoms with Crippen molar-refractivity contribution in [2.45, 2.75) is 18.9 Å². The Balaban J connectivity index is 2.91. The fourth-order valence-electron chi connectivity index (χ4n) is 1.35. The lowest BCUT2D eigenvalue weighted by Crippen LogP contribution is -2.46. The average Bonchev–Trinajstić information content (AvgIpc) is 2.17. The predicted molar refractivity (Wildman–Crippen MR) is 58.6 cm³/mol. The summed E-state index contributed by atoms with van der Waals surface area (Å²) in [6.45, 7) is 1.43. The van der Waals surface area contributed by atoms with Crippen molar-refractivity contribution in [2.24, 2.45) is 5.73 Å². The van der Waals surface area contributed by atoms with E-state index in [2.05, 4.69) is 0 Å². The van der Waals surface area contributed by atoms with Gasteiger partial charge < -0.3 is 20.7 Å². The first kappa shape index (κ1) is 12.3. The maximum atomic E-state index is 10.8. The van der Waals surface area contributed by atoms with Crippen LogP contribution in [0.4, 0.5) is 0 Å². The molecule has 0 saturated carbocycles. The monoisotopic (exact) mass is 225 g/mol. The number of methoxy groups -OCH3 is 1. The maximum absolute atomic E-state index is 10.8. The van der Waals surface area contributed by atoms with E-state index in [0.717, 1.165) is 0 Å². The summed E-state index contributed by atoms with van der Waals surface area (Å²) in [7, 11) is 1.44. The largest absolute Gasteiger partial charge is 0.504 e. The number of aromatic hydroxyl groups is 1. The van der Waals surface area contributed by atoms with Crippen molar-refractivity contribution in [1.82, 2.24) is 0 Å². The van der Waals surface area contributed by atoms with Crippen LogP contribution in [0.3, 0.4) is 0 Å². The molecule has 0 fully saturated rings. The van der Waals surface area contributed by atoms with Gasteiger partial charge in [0.05, 0.1) is 7.11 Å². The first-order chi connectivity index (χ1) is 7.36. The molecule has 88 valence electrons. The van der Waals surface area contributed by atoms with E-state index >= 15 is 0 Å². The SMILES string of the molecule is COc1ccc(CC(C)(N)C(=O)O)cc1O. The van der Waals surface area contributed by atoms with E-state index in [-0.39, 0.29) is 12.2 Å². The summed E-state index contributed by atoms with van der Waals surface area (Å²) in [5.41, 5.74) is 4.90. The molecule has 0 saturated heterocycles. The van der Waals surface area contributed by atoms with E-state index in [4.69, 9.17) is 15.6 Å². The summed E-state index contributed by atoms with van der Waals surface area (Å²) >= 11 is 0. The maximum Gasteiger partial charge on any atom is 0.323 e. The first-order valence-electron chi connectivity index (χ1n) is 4.75. The third-order valence-corrected chi connectivity index (χ3v) is 2.30. The number of hydrogen-bond acceptors (Lipinski definition) is 4. The van der Waals surface area contributed by atoms with Crippen LogP contribution in [0.25, 0.3) is 0 Å². The standard InChI is InChI=1S/C11H15NO4/c1-11(12,10(14)15)6-7-3-4-9(16-2)8(13)5-7/h3-5,13H,6,12H2,1-2H3,(H,14,15). The number of carbonyl (C=O) groups is 1. The molecular formula is C11H15NO4. The molecule has 0 aliphatic rings. The fraction of sp³-hybridized carbons (Fsp3) is 0.364. The zero-order chi connectivity index (χ0) is 12.3. The average molecular weight is 225 g/mol. The number of phenolic OH excluding ortho intramolecular Hbond substituents is 1. The van der Waals surface area contributed by atoms with Crippen LogP contribution in [0, 0.1) is 0 Å². The summed E-state index contributed by atoms with van der Waals surface area (Å²) in [5, 5.41) is 18.4. The lowest BCUT2D eigenvalue weighted by atomic mass is 9.94. The number of hydrogen-bond donors (Lipinski definition) is 3. The van der Waals surface area contributed by atoms with Crippen molar-refractivity contribution in [3.63, 3.8) is 0 Å². The summed E-state index contributed by atoms with van der Waals surface area (Å²) in [4.78, 5) is 10.8. The Morgan fingerprint density at radius 2 is 2.19 bits per heavy atom. The molecule has 0 spiro atoms. The number of ether oxygens (including phenoxy) is 1. The van der Waals surface area contributed by atoms with Gasteiger partial charge in [-0.05, 0) is 24.6 Å². The smallest absolute Gasteiger partial charge is 0.323 e. The van der Waals surface area contributed by atoms with Gasteiger partial charge in [0.1, 0.15) is 5.54 Å². The number of aliphatic carboxylic acids is 1. The van der Waals surface area contributed by atoms with Crippen molar-refractivity contribution in [3.8, 4) is 11.5 Å². The normalized spacial score (nSPS) is 14.2. The lowest BCUT2D eigenvalue weighted by Gasteiger charge is -2.19. The molecule has 0 aromatic heterocycles. The Labute approximate surface area is 93.5 Å². The Kier molecular flexibility index (Phi) is 3.39. The Hall–Kier alpha value is -1.75. The van der Waals surface area contributed by atoms with Crippen LogP contribution in [0.2, 0.25) is 0 Å². The number of nitrogens with two attached hydrogens (primary N) is 1. The Morgan fingerprint density at radius 1 is 1.56 bits per heavy atom. The van der Waals surface area contributed by atoms with E-state index < -0.39 is 11.5 Å². The molecular weight excluding hydrogens is 210 g/mol. The second-order valence-electron chi connectivity index (χ2n) is 3.91. The number of carboxylic acids is 1. The summed E-state index contributed by atoms with van der Waals surface area (Å²) < 4.78 is 4.88. The molecule has 4 N–H and O–H groups in total. The van der Waals surface area contributed by atoms with Gasteiger partial charge in [-0.25, -0.2) is 0 Å². The van der Waals surface area contributed by atoms with Crippen molar-refractivity contribution < 1.29 is 19.7 Å². The summed E-state index contributed by atoms with van der Waals surface area (Å²) in [6.07, 6.45) is 0.139. The van der Waals surface area contributed by atoms with Crippen LogP contribution in [0.1, 0.15) is 12.5 Å². The molecule has 0 heterocycles. The lowest BCUT2D eigenvalue weighted by molar-refractivity contribution is -0.142. The molecule has 5 nitrogen and oxygen atoms in total. The molecule has 1 unspecified atom stereocenters. The van der Waals surface area contributed by atoms with Crippen LogP contribution in [0.5, 0.6) is 11.5 Å². The molecule has 0 radical (unpaired) electrons. The molecule has 0 amide bonds. The third kappa shape index (κ3) is 2.64. The first-order valence-corrected chi connectivity index (χ1v) is 4.75. The summed E-state index contributed by atoms with van der Waals surface area (Å²) in [5.74, 6) is -0.762. The van der Waals surface area contributed by atoms with E-state index in [0.29, 0.717) is 11.3 Å². The van der Waals surface area contributed by atoms with Gasteiger partial charge in [0.2, 0.25) is 0 Å². The zero-order valence-corrected chi connectivity index (χ0v) is 9.23. The van der Waals surface area contributed by atoms with E-state index in [1.165, 1.54) is 20.1 Å². The van der Waals surface area contributed by atoms with Gasteiger partial charge >= 0.3 is 5.97 Å². The highest BCUT2D eigenvalue weighted by Crippen LogP contribution is 2.27. The van der Waals surface area contributed by atoms with E-state index in [9.17, 15) is 9.90 Å². The Morgan fingerprint density at radius 3 is 2.62 bits per heavy atom. The molecule has 0 bridgehead atoms. The minimum Gasteiger partial charge on any atom is -0.504 e. The molecule has 1 atom stereocenters. The molecule has 16 heavy (non-hydrogen) atoms. The molecule has 0 aliphatic heterocycles. The van der Waals surface area contributed by atoms with E-state index in [1.54, 1.807) is 12.1 Å². The highest BCUT2D eigenvalue weighted by atomic mass is 16.5. The highest BCUT2D eigenvalue weighted by Gasteiger charge is 2.28. The number of phenols is 1. The minimum atomic E-state index is -1.35. The van der Waals surface area contributed by atoms with Crippen LogP contribution in [0.15, 0.2) is 18.2 Å². The number of rotatable bonds is 4. The molecule has 1 aromatic rings. The van der Waals surface area contributed by atoms with Crippen molar-refractivity contribution in [3.05, 3.63) is 23.8 Å². The van der Waals surface area contributed by atoms with E-state index in [1.807, 2.05) is 0 Å². The van der Waals surface area contributed by atoms with Gasteiger partial charge in [-0.3, -0.25) is 4.79 Å². The molecule has 1 rings (SSSR count). The van der Waals surface area contributed by atoms with Crippen molar-refractivity contribution in [1.29, 1.82) is 0 Å². The minimum absolute atomic E-state index is 0.0267. The molecule has 0 aliphatic carbocycles. The topological polar surface area (TPSA) is 92.8 Å². The second-order valence-corrected chi connectivity index (χ2v) is 3.91. The van der Waals surface area contributed by atoms with Gasteiger partial charge in [0.25, 0.3) is 0 Å². The third-order valence-electron chi connectivity index (χ3n) is 2.30. The van der Waals surface area contributed by atoms with Gasteiger partial charge in [-0.2, -0.15) is 0 Å². The molecule has 1 aromatic carbocycles. The summed E-state index contributed by atoms with van der Waals surface area (Å²) in [6, 6.07) is 4.70. The predicted octanol–water partition coefficient (Wildman–Crippen LogP) is 0.745. The van der Waals surface area contributed by atoms with Gasteiger partial charge in [-0.1, -0.05) is 6.07 Å². The van der Waals surface area contributed by atoms with Crippen molar-refractivity contribution >= 4 is 5.97 Å². The zero-order valence-electron chi connectivity index (χ0n) is 9.23. The van der Waals surface area contributed by atoms with Crippen LogP contribution in [-0.4, -0.2) is 28.8 Å². The second kappa shape index (κ2) is 4.40. The van der Waals surface area contributed by atoms with Crippen LogP contribution in [-0.2, 0) is 11.2 Å². The highest BCUT2D eigenvalue weighted by molar-refractivity contribution is 5.78. The van der Waals surface area contributed by atoms with Gasteiger partial charge in [0.15, 0.2) is 11.5 Å². The van der Waals surface area contributed by atoms with Gasteiger partial charge in [0, 0.05) is 6.42 Å². The quantitative estimate of drug-likeness (QED) is 0.703. The van der Waals surface area contributed by atoms with Crippen molar-refractivity contribution in [2.75, 3.05) is 7.11 Å². The Bertz CT molecular complexity index is 401. The molecule has 5 heteroatoms. The fourth-order valence-corrected chi connectivity index (χ4v) is 1.35.